The Hall–Kier alpha value is -0.680. The van der Waals surface area contributed by atoms with E-state index in [4.69, 9.17) is 10.9 Å². The van der Waals surface area contributed by atoms with Crippen molar-refractivity contribution in [1.82, 2.24) is 0 Å². The van der Waals surface area contributed by atoms with Gasteiger partial charge in [0, 0.05) is 14.9 Å². The highest BCUT2D eigenvalue weighted by Crippen LogP contribution is 2.29. The zero-order chi connectivity index (χ0) is 12.7. The van der Waals surface area contributed by atoms with Crippen molar-refractivity contribution in [1.29, 1.82) is 0 Å². The standard InChI is InChI=1S/C12H17BrN2OS/c1-2-3-4-8-17-10-7-5-6-9(13)11(10)12(14)15-16/h5-7,16H,2-4,8H2,1H3,(H2,14,15). The first-order valence-electron chi connectivity index (χ1n) is 5.60. The van der Waals surface area contributed by atoms with Crippen LogP contribution in [0.2, 0.25) is 0 Å². The smallest absolute Gasteiger partial charge is 0.172 e. The average molecular weight is 317 g/mol. The van der Waals surface area contributed by atoms with Crippen molar-refractivity contribution in [3.63, 3.8) is 0 Å². The van der Waals surface area contributed by atoms with Crippen LogP contribution < -0.4 is 5.73 Å². The van der Waals surface area contributed by atoms with Crippen LogP contribution in [0.3, 0.4) is 0 Å². The molecule has 0 heterocycles. The van der Waals surface area contributed by atoms with Gasteiger partial charge in [0.15, 0.2) is 5.84 Å². The maximum absolute atomic E-state index is 8.78. The number of hydrogen-bond donors (Lipinski definition) is 2. The third-order valence-electron chi connectivity index (χ3n) is 2.34. The predicted octanol–water partition coefficient (Wildman–Crippen LogP) is 3.83. The molecule has 0 fully saturated rings. The number of halogens is 1. The number of nitrogens with two attached hydrogens (primary N) is 1. The van der Waals surface area contributed by atoms with Crippen molar-refractivity contribution in [2.45, 2.75) is 31.1 Å². The minimum atomic E-state index is 0.149. The van der Waals surface area contributed by atoms with Gasteiger partial charge in [-0.05, 0) is 40.2 Å². The van der Waals surface area contributed by atoms with Crippen LogP contribution in [0.1, 0.15) is 31.7 Å². The molecule has 0 unspecified atom stereocenters. The number of amidine groups is 1. The largest absolute Gasteiger partial charge is 0.409 e. The van der Waals surface area contributed by atoms with Crippen LogP contribution in [0.5, 0.6) is 0 Å². The molecule has 0 saturated heterocycles. The van der Waals surface area contributed by atoms with Crippen LogP contribution in [-0.4, -0.2) is 16.8 Å². The lowest BCUT2D eigenvalue weighted by Gasteiger charge is -2.09. The first-order chi connectivity index (χ1) is 8.20. The summed E-state index contributed by atoms with van der Waals surface area (Å²) in [4.78, 5) is 1.05. The fraction of sp³-hybridized carbons (Fsp3) is 0.417. The predicted molar refractivity (Wildman–Crippen MR) is 76.9 cm³/mol. The van der Waals surface area contributed by atoms with E-state index in [1.165, 1.54) is 19.3 Å². The quantitative estimate of drug-likeness (QED) is 0.209. The molecular formula is C12H17BrN2OS. The highest BCUT2D eigenvalue weighted by Gasteiger charge is 2.11. The summed E-state index contributed by atoms with van der Waals surface area (Å²) >= 11 is 5.17. The van der Waals surface area contributed by atoms with Gasteiger partial charge in [-0.2, -0.15) is 0 Å². The highest BCUT2D eigenvalue weighted by molar-refractivity contribution is 9.10. The number of hydrogen-bond acceptors (Lipinski definition) is 3. The lowest BCUT2D eigenvalue weighted by atomic mass is 10.2. The number of nitrogens with zero attached hydrogens (tertiary/aromatic N) is 1. The molecule has 1 aromatic rings. The summed E-state index contributed by atoms with van der Waals surface area (Å²) in [5, 5.41) is 11.9. The van der Waals surface area contributed by atoms with E-state index >= 15 is 0 Å². The van der Waals surface area contributed by atoms with Crippen LogP contribution in [0.4, 0.5) is 0 Å². The number of oxime groups is 1. The van der Waals surface area contributed by atoms with Gasteiger partial charge in [-0.15, -0.1) is 11.8 Å². The van der Waals surface area contributed by atoms with Crippen molar-refractivity contribution in [3.8, 4) is 0 Å². The monoisotopic (exact) mass is 316 g/mol. The van der Waals surface area contributed by atoms with Gasteiger partial charge in [0.05, 0.1) is 0 Å². The topological polar surface area (TPSA) is 58.6 Å². The molecule has 5 heteroatoms. The molecule has 3 nitrogen and oxygen atoms in total. The Labute approximate surface area is 115 Å². The maximum atomic E-state index is 8.78. The first-order valence-corrected chi connectivity index (χ1v) is 7.37. The molecule has 0 aliphatic rings. The van der Waals surface area contributed by atoms with Crippen LogP contribution in [0, 0.1) is 0 Å². The van der Waals surface area contributed by atoms with E-state index in [9.17, 15) is 0 Å². The van der Waals surface area contributed by atoms with E-state index in [2.05, 4.69) is 28.0 Å². The molecule has 0 aliphatic heterocycles. The number of thioether (sulfide) groups is 1. The SMILES string of the molecule is CCCCCSc1cccc(Br)c1/C(N)=N/O. The maximum Gasteiger partial charge on any atom is 0.172 e. The number of benzene rings is 1. The Kier molecular flexibility index (Phi) is 6.44. The molecule has 94 valence electrons. The van der Waals surface area contributed by atoms with Crippen molar-refractivity contribution in [2.24, 2.45) is 10.9 Å². The summed E-state index contributed by atoms with van der Waals surface area (Å²) in [6.07, 6.45) is 3.63. The normalized spacial score (nSPS) is 11.8. The molecule has 0 amide bonds. The Balaban J connectivity index is 2.80. The number of unbranched alkanes of at least 4 members (excludes halogenated alkanes) is 2. The highest BCUT2D eigenvalue weighted by atomic mass is 79.9. The molecule has 0 aromatic heterocycles. The Morgan fingerprint density at radius 2 is 2.24 bits per heavy atom. The molecule has 3 N–H and O–H groups in total. The van der Waals surface area contributed by atoms with Gasteiger partial charge in [0.25, 0.3) is 0 Å². The Morgan fingerprint density at radius 1 is 1.47 bits per heavy atom. The van der Waals surface area contributed by atoms with Crippen LogP contribution in [-0.2, 0) is 0 Å². The van der Waals surface area contributed by atoms with E-state index in [0.29, 0.717) is 0 Å². The van der Waals surface area contributed by atoms with E-state index < -0.39 is 0 Å². The van der Waals surface area contributed by atoms with Gasteiger partial charge in [0.1, 0.15) is 0 Å². The molecule has 0 bridgehead atoms. The third-order valence-corrected chi connectivity index (χ3v) is 4.15. The van der Waals surface area contributed by atoms with Gasteiger partial charge < -0.3 is 10.9 Å². The second-order valence-corrected chi connectivity index (χ2v) is 5.64. The molecule has 0 radical (unpaired) electrons. The second-order valence-electron chi connectivity index (χ2n) is 3.65. The van der Waals surface area contributed by atoms with E-state index in [1.54, 1.807) is 11.8 Å². The lowest BCUT2D eigenvalue weighted by molar-refractivity contribution is 0.318. The van der Waals surface area contributed by atoms with Crippen molar-refractivity contribution < 1.29 is 5.21 Å². The molecule has 0 saturated carbocycles. The van der Waals surface area contributed by atoms with Crippen molar-refractivity contribution >= 4 is 33.5 Å². The van der Waals surface area contributed by atoms with Crippen LogP contribution >= 0.6 is 27.7 Å². The number of rotatable bonds is 6. The zero-order valence-electron chi connectivity index (χ0n) is 9.82. The van der Waals surface area contributed by atoms with Crippen LogP contribution in [0.15, 0.2) is 32.7 Å². The van der Waals surface area contributed by atoms with Gasteiger partial charge in [-0.3, -0.25) is 0 Å². The van der Waals surface area contributed by atoms with Gasteiger partial charge in [0.2, 0.25) is 0 Å². The van der Waals surface area contributed by atoms with Crippen molar-refractivity contribution in [3.05, 3.63) is 28.2 Å². The summed E-state index contributed by atoms with van der Waals surface area (Å²) in [5.74, 6) is 1.20. The minimum Gasteiger partial charge on any atom is -0.409 e. The summed E-state index contributed by atoms with van der Waals surface area (Å²) in [5.41, 5.74) is 6.46. The Morgan fingerprint density at radius 3 is 2.88 bits per heavy atom. The molecular weight excluding hydrogens is 300 g/mol. The summed E-state index contributed by atoms with van der Waals surface area (Å²) < 4.78 is 0.855. The summed E-state index contributed by atoms with van der Waals surface area (Å²) in [7, 11) is 0. The fourth-order valence-corrected chi connectivity index (χ4v) is 3.26. The average Bonchev–Trinajstić information content (AvgIpc) is 2.34. The van der Waals surface area contributed by atoms with Gasteiger partial charge in [-0.25, -0.2) is 0 Å². The minimum absolute atomic E-state index is 0.149. The first kappa shape index (κ1) is 14.4. The van der Waals surface area contributed by atoms with E-state index in [0.717, 1.165) is 20.7 Å². The van der Waals surface area contributed by atoms with E-state index in [-0.39, 0.29) is 5.84 Å². The van der Waals surface area contributed by atoms with E-state index in [1.807, 2.05) is 18.2 Å². The summed E-state index contributed by atoms with van der Waals surface area (Å²) in [6.45, 7) is 2.19. The van der Waals surface area contributed by atoms with Crippen molar-refractivity contribution in [2.75, 3.05) is 5.75 Å². The lowest BCUT2D eigenvalue weighted by Crippen LogP contribution is -2.15. The third kappa shape index (κ3) is 4.24. The molecule has 1 aromatic carbocycles. The molecule has 0 atom stereocenters. The summed E-state index contributed by atoms with van der Waals surface area (Å²) in [6, 6.07) is 5.85. The fourth-order valence-electron chi connectivity index (χ4n) is 1.46. The molecule has 17 heavy (non-hydrogen) atoms. The van der Waals surface area contributed by atoms with Gasteiger partial charge in [-0.1, -0.05) is 31.0 Å². The van der Waals surface area contributed by atoms with Gasteiger partial charge >= 0.3 is 0 Å². The zero-order valence-corrected chi connectivity index (χ0v) is 12.2. The molecule has 0 spiro atoms. The van der Waals surface area contributed by atoms with Crippen LogP contribution in [0.25, 0.3) is 0 Å². The molecule has 1 rings (SSSR count). The Bertz CT molecular complexity index is 396. The molecule has 0 aliphatic carbocycles. The second kappa shape index (κ2) is 7.61.